The second-order valence-corrected chi connectivity index (χ2v) is 4.93. The fraction of sp³-hybridized carbons (Fsp3) is 0.438. The molecule has 0 amide bonds. The van der Waals surface area contributed by atoms with E-state index in [1.807, 2.05) is 26.0 Å². The Morgan fingerprint density at radius 1 is 1.43 bits per heavy atom. The van der Waals surface area contributed by atoms with Crippen LogP contribution in [-0.2, 0) is 20.9 Å². The topological polar surface area (TPSA) is 72.1 Å². The Hall–Kier alpha value is -2.35. The van der Waals surface area contributed by atoms with E-state index in [0.29, 0.717) is 0 Å². The summed E-state index contributed by atoms with van der Waals surface area (Å²) in [5.41, 5.74) is 2.79. The minimum Gasteiger partial charge on any atom is -0.454 e. The van der Waals surface area contributed by atoms with Crippen molar-refractivity contribution in [3.05, 3.63) is 28.6 Å². The number of aromatic nitrogens is 1. The van der Waals surface area contributed by atoms with Gasteiger partial charge in [0.25, 0.3) is 0 Å². The zero-order chi connectivity index (χ0) is 16.0. The van der Waals surface area contributed by atoms with Gasteiger partial charge in [0.05, 0.1) is 0 Å². The van der Waals surface area contributed by atoms with Crippen LogP contribution in [0.2, 0.25) is 0 Å². The summed E-state index contributed by atoms with van der Waals surface area (Å²) in [6.07, 6.45) is 2.52. The molecule has 0 spiro atoms. The van der Waals surface area contributed by atoms with Gasteiger partial charge < -0.3 is 9.30 Å². The minimum atomic E-state index is -0.770. The molecular formula is C16H20N2O3. The van der Waals surface area contributed by atoms with E-state index in [9.17, 15) is 9.59 Å². The third-order valence-corrected chi connectivity index (χ3v) is 3.11. The molecule has 1 rings (SSSR count). The van der Waals surface area contributed by atoms with Crippen LogP contribution >= 0.6 is 0 Å². The molecule has 0 atom stereocenters. The number of ether oxygens (including phenoxy) is 1. The number of hydrogen-bond acceptors (Lipinski definition) is 4. The fourth-order valence-electron chi connectivity index (χ4n) is 2.08. The van der Waals surface area contributed by atoms with Gasteiger partial charge >= 0.3 is 5.97 Å². The Balaban J connectivity index is 3.04. The third kappa shape index (κ3) is 4.32. The molecule has 1 heterocycles. The van der Waals surface area contributed by atoms with Gasteiger partial charge in [-0.2, -0.15) is 5.26 Å². The van der Waals surface area contributed by atoms with Crippen molar-refractivity contribution in [1.29, 1.82) is 5.26 Å². The first kappa shape index (κ1) is 16.7. The molecule has 0 saturated heterocycles. The van der Waals surface area contributed by atoms with E-state index in [1.165, 1.54) is 13.0 Å². The van der Waals surface area contributed by atoms with Crippen molar-refractivity contribution in [2.24, 2.45) is 0 Å². The van der Waals surface area contributed by atoms with Gasteiger partial charge in [0, 0.05) is 17.9 Å². The van der Waals surface area contributed by atoms with Crippen molar-refractivity contribution < 1.29 is 14.3 Å². The molecule has 5 nitrogen and oxygen atoms in total. The Kier molecular flexibility index (Phi) is 5.92. The van der Waals surface area contributed by atoms with Crippen molar-refractivity contribution in [3.8, 4) is 6.07 Å². The average molecular weight is 288 g/mol. The highest BCUT2D eigenvalue weighted by molar-refractivity contribution is 5.99. The molecule has 0 aromatic carbocycles. The van der Waals surface area contributed by atoms with E-state index in [1.54, 1.807) is 0 Å². The van der Waals surface area contributed by atoms with Crippen LogP contribution in [0, 0.1) is 25.2 Å². The molecule has 5 heteroatoms. The van der Waals surface area contributed by atoms with Gasteiger partial charge in [-0.1, -0.05) is 6.92 Å². The number of aryl methyl sites for hydroxylation is 1. The lowest BCUT2D eigenvalue weighted by atomic mass is 10.1. The quantitative estimate of drug-likeness (QED) is 0.458. The first-order valence-electron chi connectivity index (χ1n) is 6.85. The second kappa shape index (κ2) is 7.44. The van der Waals surface area contributed by atoms with E-state index in [0.717, 1.165) is 29.9 Å². The van der Waals surface area contributed by atoms with Gasteiger partial charge in [-0.15, -0.1) is 0 Å². The predicted octanol–water partition coefficient (Wildman–Crippen LogP) is 2.55. The zero-order valence-electron chi connectivity index (χ0n) is 12.9. The highest BCUT2D eigenvalue weighted by Gasteiger charge is 2.14. The van der Waals surface area contributed by atoms with Crippen LogP contribution in [0.25, 0.3) is 6.08 Å². The van der Waals surface area contributed by atoms with Crippen molar-refractivity contribution >= 4 is 17.8 Å². The van der Waals surface area contributed by atoms with Crippen LogP contribution in [0.15, 0.2) is 11.6 Å². The number of carbonyl (C=O) groups excluding carboxylic acids is 2. The molecule has 21 heavy (non-hydrogen) atoms. The van der Waals surface area contributed by atoms with E-state index in [4.69, 9.17) is 10.00 Å². The molecule has 0 unspecified atom stereocenters. The summed E-state index contributed by atoms with van der Waals surface area (Å²) >= 11 is 0. The Morgan fingerprint density at radius 2 is 2.10 bits per heavy atom. The van der Waals surface area contributed by atoms with Gasteiger partial charge in [-0.25, -0.2) is 4.79 Å². The Labute approximate surface area is 124 Å². The van der Waals surface area contributed by atoms with Crippen LogP contribution in [-0.4, -0.2) is 22.9 Å². The number of ketones is 1. The SMILES string of the molecule is CCCn1c(C)cc(/C=C(\C#N)C(=O)OCC(C)=O)c1C. The second-order valence-electron chi connectivity index (χ2n) is 4.93. The maximum atomic E-state index is 11.7. The summed E-state index contributed by atoms with van der Waals surface area (Å²) in [6, 6.07) is 3.76. The molecule has 0 aliphatic heterocycles. The third-order valence-electron chi connectivity index (χ3n) is 3.11. The lowest BCUT2D eigenvalue weighted by molar-refractivity contribution is -0.143. The average Bonchev–Trinajstić information content (AvgIpc) is 2.70. The number of esters is 1. The normalized spacial score (nSPS) is 11.1. The van der Waals surface area contributed by atoms with Gasteiger partial charge in [-0.3, -0.25) is 4.79 Å². The number of Topliss-reactive ketones (excluding diaryl/α,β-unsaturated/α-hetero) is 1. The van der Waals surface area contributed by atoms with E-state index in [2.05, 4.69) is 11.5 Å². The molecule has 0 fully saturated rings. The Morgan fingerprint density at radius 3 is 2.62 bits per heavy atom. The molecular weight excluding hydrogens is 268 g/mol. The molecule has 1 aromatic rings. The van der Waals surface area contributed by atoms with Crippen molar-refractivity contribution in [2.45, 2.75) is 40.7 Å². The molecule has 0 aliphatic rings. The van der Waals surface area contributed by atoms with Crippen LogP contribution in [0.3, 0.4) is 0 Å². The first-order valence-corrected chi connectivity index (χ1v) is 6.85. The monoisotopic (exact) mass is 288 g/mol. The van der Waals surface area contributed by atoms with E-state index in [-0.39, 0.29) is 18.0 Å². The minimum absolute atomic E-state index is 0.104. The van der Waals surface area contributed by atoms with Crippen LogP contribution < -0.4 is 0 Å². The molecule has 0 aliphatic carbocycles. The fourth-order valence-corrected chi connectivity index (χ4v) is 2.08. The van der Waals surface area contributed by atoms with Crippen LogP contribution in [0.5, 0.6) is 0 Å². The number of rotatable bonds is 6. The predicted molar refractivity (Wildman–Crippen MR) is 79.4 cm³/mol. The maximum absolute atomic E-state index is 11.7. The number of carbonyl (C=O) groups is 2. The standard InChI is InChI=1S/C16H20N2O3/c1-5-6-18-11(2)7-14(13(18)4)8-15(9-17)16(20)21-10-12(3)19/h7-8H,5-6,10H2,1-4H3/b15-8+. The van der Waals surface area contributed by atoms with Gasteiger partial charge in [0.2, 0.25) is 0 Å². The molecule has 112 valence electrons. The van der Waals surface area contributed by atoms with Crippen LogP contribution in [0.4, 0.5) is 0 Å². The maximum Gasteiger partial charge on any atom is 0.349 e. The number of nitrogens with zero attached hydrogens (tertiary/aromatic N) is 2. The van der Waals surface area contributed by atoms with Gasteiger partial charge in [-0.05, 0) is 44.9 Å². The highest BCUT2D eigenvalue weighted by atomic mass is 16.5. The van der Waals surface area contributed by atoms with Crippen molar-refractivity contribution in [1.82, 2.24) is 4.57 Å². The molecule has 0 saturated carbocycles. The summed E-state index contributed by atoms with van der Waals surface area (Å²) in [5.74, 6) is -1.03. The summed E-state index contributed by atoms with van der Waals surface area (Å²) in [7, 11) is 0. The Bertz CT molecular complexity index is 618. The lowest BCUT2D eigenvalue weighted by Gasteiger charge is -2.07. The molecule has 1 aromatic heterocycles. The highest BCUT2D eigenvalue weighted by Crippen LogP contribution is 2.19. The first-order chi connectivity index (χ1) is 9.90. The van der Waals surface area contributed by atoms with E-state index < -0.39 is 5.97 Å². The number of nitriles is 1. The molecule has 0 N–H and O–H groups in total. The summed E-state index contributed by atoms with van der Waals surface area (Å²) < 4.78 is 6.91. The summed E-state index contributed by atoms with van der Waals surface area (Å²) in [4.78, 5) is 22.5. The molecule has 0 bridgehead atoms. The lowest BCUT2D eigenvalue weighted by Crippen LogP contribution is -2.12. The molecule has 0 radical (unpaired) electrons. The summed E-state index contributed by atoms with van der Waals surface area (Å²) in [6.45, 7) is 7.93. The zero-order valence-corrected chi connectivity index (χ0v) is 12.9. The smallest absolute Gasteiger partial charge is 0.349 e. The summed E-state index contributed by atoms with van der Waals surface area (Å²) in [5, 5.41) is 9.08. The van der Waals surface area contributed by atoms with Crippen LogP contribution in [0.1, 0.15) is 37.2 Å². The van der Waals surface area contributed by atoms with Gasteiger partial charge in [0.1, 0.15) is 18.2 Å². The largest absolute Gasteiger partial charge is 0.454 e. The van der Waals surface area contributed by atoms with Crippen molar-refractivity contribution in [2.75, 3.05) is 6.61 Å². The number of hydrogen-bond donors (Lipinski definition) is 0. The van der Waals surface area contributed by atoms with Crippen molar-refractivity contribution in [3.63, 3.8) is 0 Å². The van der Waals surface area contributed by atoms with Gasteiger partial charge in [0.15, 0.2) is 5.78 Å². The van der Waals surface area contributed by atoms with E-state index >= 15 is 0 Å².